The van der Waals surface area contributed by atoms with Crippen molar-refractivity contribution >= 4 is 11.7 Å². The Bertz CT molecular complexity index is 542. The Hall–Kier alpha value is -2.43. The van der Waals surface area contributed by atoms with E-state index >= 15 is 0 Å². The molecule has 0 aliphatic heterocycles. The van der Waals surface area contributed by atoms with Crippen LogP contribution >= 0.6 is 0 Å². The van der Waals surface area contributed by atoms with Crippen LogP contribution in [-0.2, 0) is 17.8 Å². The van der Waals surface area contributed by atoms with Crippen molar-refractivity contribution in [3.63, 3.8) is 0 Å². The summed E-state index contributed by atoms with van der Waals surface area (Å²) >= 11 is 0. The van der Waals surface area contributed by atoms with Crippen molar-refractivity contribution in [2.45, 2.75) is 13.0 Å². The minimum absolute atomic E-state index is 0.0278. The molecule has 98 valence electrons. The van der Waals surface area contributed by atoms with E-state index in [0.717, 1.165) is 16.9 Å². The third-order valence-corrected chi connectivity index (χ3v) is 2.73. The highest BCUT2D eigenvalue weighted by molar-refractivity contribution is 5.79. The third-order valence-electron chi connectivity index (χ3n) is 2.73. The van der Waals surface area contributed by atoms with Crippen molar-refractivity contribution in [1.82, 2.24) is 15.3 Å². The van der Waals surface area contributed by atoms with E-state index in [9.17, 15) is 4.79 Å². The molecule has 0 aliphatic carbocycles. The summed E-state index contributed by atoms with van der Waals surface area (Å²) in [4.78, 5) is 19.7. The first-order chi connectivity index (χ1) is 9.29. The van der Waals surface area contributed by atoms with Crippen molar-refractivity contribution in [2.75, 3.05) is 12.4 Å². The number of hydrogen-bond acceptors (Lipinski definition) is 4. The van der Waals surface area contributed by atoms with E-state index in [1.54, 1.807) is 25.6 Å². The predicted molar refractivity (Wildman–Crippen MR) is 73.6 cm³/mol. The van der Waals surface area contributed by atoms with Gasteiger partial charge in [0.1, 0.15) is 5.82 Å². The van der Waals surface area contributed by atoms with Gasteiger partial charge in [-0.3, -0.25) is 9.78 Å². The van der Waals surface area contributed by atoms with Gasteiger partial charge < -0.3 is 10.6 Å². The van der Waals surface area contributed by atoms with E-state index in [0.29, 0.717) is 13.0 Å². The number of hydrogen-bond donors (Lipinski definition) is 2. The van der Waals surface area contributed by atoms with Crippen molar-refractivity contribution in [2.24, 2.45) is 0 Å². The molecule has 0 aliphatic rings. The van der Waals surface area contributed by atoms with Gasteiger partial charge in [0, 0.05) is 37.7 Å². The molecule has 0 saturated carbocycles. The fourth-order valence-electron chi connectivity index (χ4n) is 1.69. The molecule has 0 aromatic carbocycles. The Morgan fingerprint density at radius 1 is 1.21 bits per heavy atom. The van der Waals surface area contributed by atoms with Crippen molar-refractivity contribution < 1.29 is 4.79 Å². The summed E-state index contributed by atoms with van der Waals surface area (Å²) in [7, 11) is 1.63. The zero-order chi connectivity index (χ0) is 13.5. The monoisotopic (exact) mass is 256 g/mol. The van der Waals surface area contributed by atoms with E-state index in [4.69, 9.17) is 0 Å². The van der Waals surface area contributed by atoms with Gasteiger partial charge in [-0.1, -0.05) is 6.07 Å². The summed E-state index contributed by atoms with van der Waals surface area (Å²) in [5, 5.41) is 5.85. The van der Waals surface area contributed by atoms with Crippen LogP contribution in [0.2, 0.25) is 0 Å². The maximum atomic E-state index is 11.4. The van der Waals surface area contributed by atoms with Crippen LogP contribution in [0.1, 0.15) is 11.1 Å². The number of pyridine rings is 2. The Labute approximate surface area is 112 Å². The van der Waals surface area contributed by atoms with Gasteiger partial charge in [-0.15, -0.1) is 0 Å². The molecule has 0 fully saturated rings. The molecule has 0 unspecified atom stereocenters. The van der Waals surface area contributed by atoms with Crippen molar-refractivity contribution in [3.8, 4) is 0 Å². The largest absolute Gasteiger partial charge is 0.366 e. The standard InChI is InChI=1S/C14H16N4O/c1-15-13(19)9-12-3-2-6-17-14(12)18-10-11-4-7-16-8-5-11/h2-8H,9-10H2,1H3,(H,15,19)(H,17,18). The molecule has 1 amide bonds. The fraction of sp³-hybridized carbons (Fsp3) is 0.214. The maximum Gasteiger partial charge on any atom is 0.224 e. The van der Waals surface area contributed by atoms with Crippen LogP contribution in [-0.4, -0.2) is 22.9 Å². The van der Waals surface area contributed by atoms with Gasteiger partial charge in [-0.2, -0.15) is 0 Å². The van der Waals surface area contributed by atoms with E-state index in [1.807, 2.05) is 24.3 Å². The predicted octanol–water partition coefficient (Wildman–Crippen LogP) is 1.38. The second-order valence-corrected chi connectivity index (χ2v) is 4.07. The number of rotatable bonds is 5. The number of aromatic nitrogens is 2. The Balaban J connectivity index is 2.05. The number of nitrogens with zero attached hydrogens (tertiary/aromatic N) is 2. The summed E-state index contributed by atoms with van der Waals surface area (Å²) < 4.78 is 0. The van der Waals surface area contributed by atoms with Crippen LogP contribution in [0.5, 0.6) is 0 Å². The van der Waals surface area contributed by atoms with Crippen molar-refractivity contribution in [3.05, 3.63) is 54.0 Å². The first-order valence-electron chi connectivity index (χ1n) is 6.07. The first-order valence-corrected chi connectivity index (χ1v) is 6.07. The highest BCUT2D eigenvalue weighted by Crippen LogP contribution is 2.13. The summed E-state index contributed by atoms with van der Waals surface area (Å²) in [6, 6.07) is 7.61. The van der Waals surface area contributed by atoms with Gasteiger partial charge >= 0.3 is 0 Å². The average molecular weight is 256 g/mol. The lowest BCUT2D eigenvalue weighted by Crippen LogP contribution is -2.20. The number of carbonyl (C=O) groups is 1. The summed E-state index contributed by atoms with van der Waals surface area (Å²) in [5.41, 5.74) is 2.00. The zero-order valence-corrected chi connectivity index (χ0v) is 10.8. The normalized spacial score (nSPS) is 9.95. The maximum absolute atomic E-state index is 11.4. The molecule has 0 spiro atoms. The molecule has 0 atom stereocenters. The molecule has 5 nitrogen and oxygen atoms in total. The molecular weight excluding hydrogens is 240 g/mol. The Kier molecular flexibility index (Phi) is 4.44. The lowest BCUT2D eigenvalue weighted by atomic mass is 10.1. The molecule has 0 bridgehead atoms. The van der Waals surface area contributed by atoms with Gasteiger partial charge in [0.25, 0.3) is 0 Å². The average Bonchev–Trinajstić information content (AvgIpc) is 2.47. The number of amides is 1. The second-order valence-electron chi connectivity index (χ2n) is 4.07. The number of likely N-dealkylation sites (N-methyl/N-ethyl adjacent to an activating group) is 1. The minimum atomic E-state index is -0.0278. The smallest absolute Gasteiger partial charge is 0.224 e. The molecule has 2 aromatic rings. The van der Waals surface area contributed by atoms with E-state index in [2.05, 4.69) is 20.6 Å². The Morgan fingerprint density at radius 2 is 2.00 bits per heavy atom. The van der Waals surface area contributed by atoms with Crippen LogP contribution in [0.4, 0.5) is 5.82 Å². The fourth-order valence-corrected chi connectivity index (χ4v) is 1.69. The number of anilines is 1. The van der Waals surface area contributed by atoms with Crippen LogP contribution in [0.25, 0.3) is 0 Å². The lowest BCUT2D eigenvalue weighted by Gasteiger charge is -2.10. The van der Waals surface area contributed by atoms with Gasteiger partial charge in [0.05, 0.1) is 6.42 Å². The third kappa shape index (κ3) is 3.77. The zero-order valence-electron chi connectivity index (χ0n) is 10.8. The minimum Gasteiger partial charge on any atom is -0.366 e. The van der Waals surface area contributed by atoms with Crippen LogP contribution in [0.15, 0.2) is 42.9 Å². The highest BCUT2D eigenvalue weighted by atomic mass is 16.1. The molecule has 5 heteroatoms. The van der Waals surface area contributed by atoms with E-state index < -0.39 is 0 Å². The SMILES string of the molecule is CNC(=O)Cc1cccnc1NCc1ccncc1. The Morgan fingerprint density at radius 3 is 2.74 bits per heavy atom. The highest BCUT2D eigenvalue weighted by Gasteiger charge is 2.07. The number of carbonyl (C=O) groups excluding carboxylic acids is 1. The molecule has 2 aromatic heterocycles. The van der Waals surface area contributed by atoms with Crippen LogP contribution in [0, 0.1) is 0 Å². The molecule has 2 rings (SSSR count). The molecular formula is C14H16N4O. The van der Waals surface area contributed by atoms with Gasteiger partial charge in [0.15, 0.2) is 0 Å². The second kappa shape index (κ2) is 6.49. The van der Waals surface area contributed by atoms with Crippen LogP contribution in [0.3, 0.4) is 0 Å². The van der Waals surface area contributed by atoms with Gasteiger partial charge in [-0.25, -0.2) is 4.98 Å². The molecule has 2 heterocycles. The lowest BCUT2D eigenvalue weighted by molar-refractivity contribution is -0.119. The number of nitrogens with one attached hydrogen (secondary N) is 2. The quantitative estimate of drug-likeness (QED) is 0.848. The van der Waals surface area contributed by atoms with Crippen molar-refractivity contribution in [1.29, 1.82) is 0 Å². The van der Waals surface area contributed by atoms with Gasteiger partial charge in [0.2, 0.25) is 5.91 Å². The van der Waals surface area contributed by atoms with Crippen LogP contribution < -0.4 is 10.6 Å². The summed E-state index contributed by atoms with van der Waals surface area (Å²) in [6.07, 6.45) is 5.53. The summed E-state index contributed by atoms with van der Waals surface area (Å²) in [5.74, 6) is 0.711. The molecule has 0 saturated heterocycles. The molecule has 2 N–H and O–H groups in total. The van der Waals surface area contributed by atoms with Gasteiger partial charge in [-0.05, 0) is 23.8 Å². The summed E-state index contributed by atoms with van der Waals surface area (Å²) in [6.45, 7) is 0.653. The molecule has 0 radical (unpaired) electrons. The first kappa shape index (κ1) is 13.0. The van der Waals surface area contributed by atoms with E-state index in [-0.39, 0.29) is 5.91 Å². The topological polar surface area (TPSA) is 66.9 Å². The van der Waals surface area contributed by atoms with E-state index in [1.165, 1.54) is 0 Å². The molecule has 19 heavy (non-hydrogen) atoms.